The van der Waals surface area contributed by atoms with Crippen molar-refractivity contribution in [1.82, 2.24) is 4.98 Å². The van der Waals surface area contributed by atoms with Crippen molar-refractivity contribution >= 4 is 17.4 Å². The normalized spacial score (nSPS) is 19.2. The molecule has 2 heterocycles. The van der Waals surface area contributed by atoms with E-state index < -0.39 is 0 Å². The lowest BCUT2D eigenvalue weighted by Gasteiger charge is -2.47. The van der Waals surface area contributed by atoms with E-state index in [4.69, 9.17) is 16.3 Å². The zero-order valence-corrected chi connectivity index (χ0v) is 9.08. The zero-order chi connectivity index (χ0) is 10.2. The summed E-state index contributed by atoms with van der Waals surface area (Å²) in [6.45, 7) is 3.84. The molecule has 3 nitrogen and oxygen atoms in total. The van der Waals surface area contributed by atoms with Gasteiger partial charge in [-0.1, -0.05) is 17.7 Å². The summed E-state index contributed by atoms with van der Waals surface area (Å²) in [7, 11) is 1.74. The molecule has 1 aromatic heterocycles. The molecule has 1 fully saturated rings. The van der Waals surface area contributed by atoms with Gasteiger partial charge in [-0.25, -0.2) is 4.98 Å². The van der Waals surface area contributed by atoms with E-state index in [-0.39, 0.29) is 5.60 Å². The molecule has 4 heteroatoms. The molecule has 2 rings (SSSR count). The monoisotopic (exact) mass is 212 g/mol. The average Bonchev–Trinajstić information content (AvgIpc) is 2.13. The molecule has 0 aliphatic carbocycles. The van der Waals surface area contributed by atoms with Gasteiger partial charge in [-0.3, -0.25) is 0 Å². The third kappa shape index (κ3) is 1.70. The van der Waals surface area contributed by atoms with E-state index in [0.29, 0.717) is 5.15 Å². The predicted molar refractivity (Wildman–Crippen MR) is 56.9 cm³/mol. The number of halogens is 1. The van der Waals surface area contributed by atoms with Gasteiger partial charge in [0.1, 0.15) is 11.0 Å². The highest BCUT2D eigenvalue weighted by atomic mass is 35.5. The van der Waals surface area contributed by atoms with Crippen molar-refractivity contribution in [2.75, 3.05) is 25.1 Å². The number of ether oxygens (including phenoxy) is 1. The van der Waals surface area contributed by atoms with E-state index >= 15 is 0 Å². The van der Waals surface area contributed by atoms with Crippen LogP contribution in [0.2, 0.25) is 5.15 Å². The second-order valence-electron chi connectivity index (χ2n) is 3.83. The van der Waals surface area contributed by atoms with Crippen LogP contribution in [-0.2, 0) is 4.74 Å². The Hall–Kier alpha value is -0.800. The minimum atomic E-state index is -0.0238. The first-order valence-electron chi connectivity index (χ1n) is 4.56. The zero-order valence-electron chi connectivity index (χ0n) is 8.33. The lowest BCUT2D eigenvalue weighted by molar-refractivity contribution is -0.0171. The van der Waals surface area contributed by atoms with Crippen molar-refractivity contribution < 1.29 is 4.74 Å². The summed E-state index contributed by atoms with van der Waals surface area (Å²) in [5.41, 5.74) is -0.0238. The molecule has 14 heavy (non-hydrogen) atoms. The van der Waals surface area contributed by atoms with Gasteiger partial charge in [-0.05, 0) is 19.1 Å². The molecule has 1 aromatic rings. The smallest absolute Gasteiger partial charge is 0.131 e. The summed E-state index contributed by atoms with van der Waals surface area (Å²) in [4.78, 5) is 6.38. The lowest BCUT2D eigenvalue weighted by Crippen LogP contribution is -2.61. The van der Waals surface area contributed by atoms with Crippen molar-refractivity contribution in [2.24, 2.45) is 0 Å². The Kier molecular flexibility index (Phi) is 2.37. The number of pyridine rings is 1. The Morgan fingerprint density at radius 1 is 1.50 bits per heavy atom. The van der Waals surface area contributed by atoms with Crippen LogP contribution in [-0.4, -0.2) is 30.8 Å². The van der Waals surface area contributed by atoms with Crippen LogP contribution in [0, 0.1) is 0 Å². The molecule has 0 bridgehead atoms. The molecule has 0 atom stereocenters. The molecule has 1 aliphatic heterocycles. The molecular weight excluding hydrogens is 200 g/mol. The first-order valence-corrected chi connectivity index (χ1v) is 4.93. The quantitative estimate of drug-likeness (QED) is 0.701. The van der Waals surface area contributed by atoms with Gasteiger partial charge in [0.15, 0.2) is 0 Å². The van der Waals surface area contributed by atoms with Crippen molar-refractivity contribution in [2.45, 2.75) is 12.5 Å². The maximum absolute atomic E-state index is 5.81. The average molecular weight is 213 g/mol. The maximum Gasteiger partial charge on any atom is 0.131 e. The van der Waals surface area contributed by atoms with Crippen LogP contribution in [0.5, 0.6) is 0 Å². The van der Waals surface area contributed by atoms with Crippen LogP contribution in [0.3, 0.4) is 0 Å². The van der Waals surface area contributed by atoms with Crippen LogP contribution in [0.1, 0.15) is 6.92 Å². The number of aromatic nitrogens is 1. The fourth-order valence-electron chi connectivity index (χ4n) is 1.63. The summed E-state index contributed by atoms with van der Waals surface area (Å²) in [5, 5.41) is 0.536. The van der Waals surface area contributed by atoms with Crippen LogP contribution >= 0.6 is 11.6 Å². The summed E-state index contributed by atoms with van der Waals surface area (Å²) in [6, 6.07) is 5.65. The van der Waals surface area contributed by atoms with Crippen molar-refractivity contribution in [3.8, 4) is 0 Å². The third-order valence-corrected chi connectivity index (χ3v) is 2.78. The number of nitrogens with zero attached hydrogens (tertiary/aromatic N) is 2. The topological polar surface area (TPSA) is 25.4 Å². The van der Waals surface area contributed by atoms with E-state index in [2.05, 4.69) is 16.8 Å². The fourth-order valence-corrected chi connectivity index (χ4v) is 1.79. The Balaban J connectivity index is 2.06. The fraction of sp³-hybridized carbons (Fsp3) is 0.500. The summed E-state index contributed by atoms with van der Waals surface area (Å²) in [5.74, 6) is 0.923. The molecule has 0 aromatic carbocycles. The highest BCUT2D eigenvalue weighted by molar-refractivity contribution is 6.29. The molecule has 0 spiro atoms. The van der Waals surface area contributed by atoms with Crippen molar-refractivity contribution in [3.05, 3.63) is 23.4 Å². The van der Waals surface area contributed by atoms with Crippen LogP contribution < -0.4 is 4.90 Å². The van der Waals surface area contributed by atoms with Crippen LogP contribution in [0.4, 0.5) is 5.82 Å². The Bertz CT molecular complexity index is 337. The van der Waals surface area contributed by atoms with E-state index in [1.165, 1.54) is 0 Å². The molecule has 1 saturated heterocycles. The SMILES string of the molecule is COC1(C)CN(c2cccc(Cl)n2)C1. The molecule has 0 radical (unpaired) electrons. The van der Waals surface area contributed by atoms with E-state index in [0.717, 1.165) is 18.9 Å². The van der Waals surface area contributed by atoms with Gasteiger partial charge in [0.05, 0.1) is 5.60 Å². The van der Waals surface area contributed by atoms with Gasteiger partial charge in [0.25, 0.3) is 0 Å². The number of anilines is 1. The van der Waals surface area contributed by atoms with E-state index in [9.17, 15) is 0 Å². The molecule has 0 amide bonds. The van der Waals surface area contributed by atoms with Crippen molar-refractivity contribution in [3.63, 3.8) is 0 Å². The Labute approximate surface area is 88.6 Å². The molecule has 76 valence electrons. The largest absolute Gasteiger partial charge is 0.375 e. The number of rotatable bonds is 2. The standard InChI is InChI=1S/C10H13ClN2O/c1-10(14-2)6-13(7-10)9-5-3-4-8(11)12-9/h3-5H,6-7H2,1-2H3. The second kappa shape index (κ2) is 3.41. The predicted octanol–water partition coefficient (Wildman–Crippen LogP) is 1.96. The summed E-state index contributed by atoms with van der Waals surface area (Å²) in [6.07, 6.45) is 0. The Morgan fingerprint density at radius 3 is 2.79 bits per heavy atom. The summed E-state index contributed by atoms with van der Waals surface area (Å²) < 4.78 is 5.35. The van der Waals surface area contributed by atoms with Gasteiger partial charge in [0, 0.05) is 20.2 Å². The molecule has 0 unspecified atom stereocenters. The first-order chi connectivity index (χ1) is 6.63. The first kappa shape index (κ1) is 9.74. The Morgan fingerprint density at radius 2 is 2.21 bits per heavy atom. The highest BCUT2D eigenvalue weighted by Crippen LogP contribution is 2.28. The van der Waals surface area contributed by atoms with Gasteiger partial charge < -0.3 is 9.64 Å². The maximum atomic E-state index is 5.81. The lowest BCUT2D eigenvalue weighted by atomic mass is 9.96. The number of methoxy groups -OCH3 is 1. The number of hydrogen-bond donors (Lipinski definition) is 0. The van der Waals surface area contributed by atoms with Gasteiger partial charge in [-0.2, -0.15) is 0 Å². The van der Waals surface area contributed by atoms with Crippen LogP contribution in [0.25, 0.3) is 0 Å². The molecule has 1 aliphatic rings. The molecular formula is C10H13ClN2O. The second-order valence-corrected chi connectivity index (χ2v) is 4.22. The minimum absolute atomic E-state index is 0.0238. The van der Waals surface area contributed by atoms with Crippen molar-refractivity contribution in [1.29, 1.82) is 0 Å². The van der Waals surface area contributed by atoms with Gasteiger partial charge in [-0.15, -0.1) is 0 Å². The van der Waals surface area contributed by atoms with Crippen LogP contribution in [0.15, 0.2) is 18.2 Å². The highest BCUT2D eigenvalue weighted by Gasteiger charge is 2.39. The van der Waals surface area contributed by atoms with E-state index in [1.54, 1.807) is 13.2 Å². The van der Waals surface area contributed by atoms with Gasteiger partial charge in [0.2, 0.25) is 0 Å². The third-order valence-electron chi connectivity index (χ3n) is 2.57. The molecule has 0 N–H and O–H groups in total. The summed E-state index contributed by atoms with van der Waals surface area (Å²) >= 11 is 5.81. The number of hydrogen-bond acceptors (Lipinski definition) is 3. The molecule has 0 saturated carbocycles. The van der Waals surface area contributed by atoms with E-state index in [1.807, 2.05) is 12.1 Å². The van der Waals surface area contributed by atoms with Gasteiger partial charge >= 0.3 is 0 Å². The minimum Gasteiger partial charge on any atom is -0.375 e.